The molecule has 6 nitrogen and oxygen atoms in total. The average Bonchev–Trinajstić information content (AvgIpc) is 2.49. The maximum Gasteiger partial charge on any atom is 0.341 e. The molecule has 1 aromatic carbocycles. The van der Waals surface area contributed by atoms with Crippen molar-refractivity contribution in [3.8, 4) is 0 Å². The molecule has 0 aliphatic heterocycles. The van der Waals surface area contributed by atoms with E-state index in [4.69, 9.17) is 0 Å². The van der Waals surface area contributed by atoms with Crippen LogP contribution in [0.3, 0.4) is 0 Å². The number of rotatable bonds is 9. The van der Waals surface area contributed by atoms with Crippen LogP contribution in [0.15, 0.2) is 23.1 Å². The molecule has 24 heavy (non-hydrogen) atoms. The predicted molar refractivity (Wildman–Crippen MR) is 92.8 cm³/mol. The van der Waals surface area contributed by atoms with E-state index in [-0.39, 0.29) is 30.4 Å². The normalized spacial score (nSPS) is 11.0. The second-order valence-corrected chi connectivity index (χ2v) is 6.72. The highest BCUT2D eigenvalue weighted by Gasteiger charge is 2.27. The smallest absolute Gasteiger partial charge is 0.341 e. The van der Waals surface area contributed by atoms with Crippen LogP contribution in [0.4, 0.5) is 20.2 Å². The van der Waals surface area contributed by atoms with E-state index in [9.17, 15) is 22.0 Å². The number of sulfone groups is 1. The van der Waals surface area contributed by atoms with Gasteiger partial charge in [0.2, 0.25) is 15.7 Å². The first kappa shape index (κ1) is 22.6. The van der Waals surface area contributed by atoms with Gasteiger partial charge in [0.05, 0.1) is 16.3 Å². The van der Waals surface area contributed by atoms with Gasteiger partial charge in [0.1, 0.15) is 0 Å². The van der Waals surface area contributed by atoms with Crippen LogP contribution in [0.2, 0.25) is 0 Å². The molecule has 0 unspecified atom stereocenters. The Morgan fingerprint density at radius 1 is 1.25 bits per heavy atom. The fourth-order valence-corrected chi connectivity index (χ4v) is 2.64. The lowest BCUT2D eigenvalue weighted by Crippen LogP contribution is -2.17. The lowest BCUT2D eigenvalue weighted by atomic mass is 10.2. The lowest BCUT2D eigenvalue weighted by Gasteiger charge is -2.14. The molecule has 0 aliphatic carbocycles. The Morgan fingerprint density at radius 2 is 1.92 bits per heavy atom. The Kier molecular flexibility index (Phi) is 9.79. The van der Waals surface area contributed by atoms with Crippen molar-refractivity contribution in [2.75, 3.05) is 30.8 Å². The molecule has 1 amide bonds. The third-order valence-electron chi connectivity index (χ3n) is 3.03. The first-order chi connectivity index (χ1) is 10.8. The Bertz CT molecular complexity index is 642. The van der Waals surface area contributed by atoms with Gasteiger partial charge in [0, 0.05) is 13.0 Å². The number of amides is 1. The SMILES string of the molecule is CCNc1ccc(S(=O)(=O)C(F)F)cc1NC(=O)CCCNC.Cl. The highest BCUT2D eigenvalue weighted by molar-refractivity contribution is 7.91. The summed E-state index contributed by atoms with van der Waals surface area (Å²) >= 11 is 0. The largest absolute Gasteiger partial charge is 0.384 e. The van der Waals surface area contributed by atoms with E-state index in [1.165, 1.54) is 6.07 Å². The number of carbonyl (C=O) groups is 1. The minimum absolute atomic E-state index is 0. The summed E-state index contributed by atoms with van der Waals surface area (Å²) in [6.07, 6.45) is 0.839. The number of hydrogen-bond donors (Lipinski definition) is 3. The first-order valence-corrected chi connectivity index (χ1v) is 8.72. The summed E-state index contributed by atoms with van der Waals surface area (Å²) in [5.41, 5.74) is 0.644. The third kappa shape index (κ3) is 6.21. The summed E-state index contributed by atoms with van der Waals surface area (Å²) in [7, 11) is -2.95. The Labute approximate surface area is 146 Å². The molecule has 138 valence electrons. The summed E-state index contributed by atoms with van der Waals surface area (Å²) < 4.78 is 48.4. The molecule has 3 N–H and O–H groups in total. The summed E-state index contributed by atoms with van der Waals surface area (Å²) in [5.74, 6) is -3.82. The van der Waals surface area contributed by atoms with Gasteiger partial charge < -0.3 is 16.0 Å². The molecule has 0 aliphatic rings. The van der Waals surface area contributed by atoms with Gasteiger partial charge in [-0.05, 0) is 45.1 Å². The number of alkyl halides is 2. The molecule has 0 saturated carbocycles. The second-order valence-electron chi connectivity index (χ2n) is 4.80. The summed E-state index contributed by atoms with van der Waals surface area (Å²) in [4.78, 5) is 11.3. The molecule has 0 heterocycles. The molecule has 0 fully saturated rings. The van der Waals surface area contributed by atoms with E-state index in [0.717, 1.165) is 12.1 Å². The van der Waals surface area contributed by atoms with Gasteiger partial charge in [-0.25, -0.2) is 8.42 Å². The standard InChI is InChI=1S/C14H21F2N3O3S.ClH/c1-3-18-11-7-6-10(23(21,22)14(15)16)9-12(11)19-13(20)5-4-8-17-2;/h6-7,9,14,17-18H,3-5,8H2,1-2H3,(H,19,20);1H. The minimum atomic E-state index is -4.71. The van der Waals surface area contributed by atoms with Crippen LogP contribution in [0.1, 0.15) is 19.8 Å². The maximum absolute atomic E-state index is 12.6. The predicted octanol–water partition coefficient (Wildman–Crippen LogP) is 2.47. The average molecular weight is 386 g/mol. The quantitative estimate of drug-likeness (QED) is 0.568. The lowest BCUT2D eigenvalue weighted by molar-refractivity contribution is -0.116. The van der Waals surface area contributed by atoms with Crippen LogP contribution in [0, 0.1) is 0 Å². The minimum Gasteiger partial charge on any atom is -0.384 e. The summed E-state index contributed by atoms with van der Waals surface area (Å²) in [5, 5.41) is 8.42. The Balaban J connectivity index is 0.00000529. The molecule has 0 aromatic heterocycles. The molecular formula is C14H22ClF2N3O3S. The van der Waals surface area contributed by atoms with Gasteiger partial charge in [0.15, 0.2) is 0 Å². The van der Waals surface area contributed by atoms with E-state index in [2.05, 4.69) is 16.0 Å². The van der Waals surface area contributed by atoms with Crippen LogP contribution in [0.25, 0.3) is 0 Å². The summed E-state index contributed by atoms with van der Waals surface area (Å²) in [6.45, 7) is 3.01. The molecule has 10 heteroatoms. The first-order valence-electron chi connectivity index (χ1n) is 7.17. The highest BCUT2D eigenvalue weighted by atomic mass is 35.5. The van der Waals surface area contributed by atoms with Crippen molar-refractivity contribution in [3.63, 3.8) is 0 Å². The fraction of sp³-hybridized carbons (Fsp3) is 0.500. The van der Waals surface area contributed by atoms with Crippen LogP contribution in [0.5, 0.6) is 0 Å². The second kappa shape index (κ2) is 10.4. The van der Waals surface area contributed by atoms with Crippen LogP contribution in [-0.4, -0.2) is 40.2 Å². The zero-order chi connectivity index (χ0) is 17.5. The zero-order valence-electron chi connectivity index (χ0n) is 13.4. The van der Waals surface area contributed by atoms with Gasteiger partial charge in [-0.3, -0.25) is 4.79 Å². The maximum atomic E-state index is 12.6. The molecule has 0 spiro atoms. The molecule has 0 saturated heterocycles. The van der Waals surface area contributed by atoms with Crippen LogP contribution >= 0.6 is 12.4 Å². The van der Waals surface area contributed by atoms with E-state index >= 15 is 0 Å². The van der Waals surface area contributed by atoms with Crippen molar-refractivity contribution >= 4 is 39.5 Å². The number of anilines is 2. The van der Waals surface area contributed by atoms with Crippen molar-refractivity contribution in [1.82, 2.24) is 5.32 Å². The molecule has 0 atom stereocenters. The van der Waals surface area contributed by atoms with E-state index in [0.29, 0.717) is 25.2 Å². The molecule has 1 aromatic rings. The topological polar surface area (TPSA) is 87.3 Å². The van der Waals surface area contributed by atoms with Gasteiger partial charge >= 0.3 is 5.76 Å². The van der Waals surface area contributed by atoms with Gasteiger partial charge in [-0.1, -0.05) is 0 Å². The number of carbonyl (C=O) groups excluding carboxylic acids is 1. The van der Waals surface area contributed by atoms with Crippen molar-refractivity contribution < 1.29 is 22.0 Å². The number of hydrogen-bond acceptors (Lipinski definition) is 5. The molecular weight excluding hydrogens is 364 g/mol. The summed E-state index contributed by atoms with van der Waals surface area (Å²) in [6, 6.07) is 3.51. The van der Waals surface area contributed by atoms with Gasteiger partial charge in [0.25, 0.3) is 0 Å². The van der Waals surface area contributed by atoms with E-state index < -0.39 is 20.5 Å². The number of benzene rings is 1. The Morgan fingerprint density at radius 3 is 2.46 bits per heavy atom. The van der Waals surface area contributed by atoms with Gasteiger partial charge in [-0.2, -0.15) is 8.78 Å². The molecule has 1 rings (SSSR count). The third-order valence-corrected chi connectivity index (χ3v) is 4.41. The highest BCUT2D eigenvalue weighted by Crippen LogP contribution is 2.28. The van der Waals surface area contributed by atoms with E-state index in [1.807, 2.05) is 6.92 Å². The van der Waals surface area contributed by atoms with Gasteiger partial charge in [-0.15, -0.1) is 12.4 Å². The van der Waals surface area contributed by atoms with Crippen LogP contribution in [-0.2, 0) is 14.6 Å². The van der Waals surface area contributed by atoms with Crippen molar-refractivity contribution in [1.29, 1.82) is 0 Å². The number of nitrogens with one attached hydrogen (secondary N) is 3. The monoisotopic (exact) mass is 385 g/mol. The zero-order valence-corrected chi connectivity index (χ0v) is 15.1. The van der Waals surface area contributed by atoms with Crippen molar-refractivity contribution in [2.45, 2.75) is 30.4 Å². The molecule has 0 radical (unpaired) electrons. The van der Waals surface area contributed by atoms with Crippen LogP contribution < -0.4 is 16.0 Å². The van der Waals surface area contributed by atoms with Crippen molar-refractivity contribution in [3.05, 3.63) is 18.2 Å². The Hall–Kier alpha value is -1.45. The molecule has 0 bridgehead atoms. The number of halogens is 3. The fourth-order valence-electron chi connectivity index (χ4n) is 1.89. The van der Waals surface area contributed by atoms with Crippen molar-refractivity contribution in [2.24, 2.45) is 0 Å². The van der Waals surface area contributed by atoms with E-state index in [1.54, 1.807) is 7.05 Å².